The first-order chi connectivity index (χ1) is 11.1. The van der Waals surface area contributed by atoms with Gasteiger partial charge in [0, 0.05) is 42.8 Å². The lowest BCUT2D eigenvalue weighted by atomic mass is 10.2. The van der Waals surface area contributed by atoms with Crippen LogP contribution in [0.15, 0.2) is 30.3 Å². The molecule has 0 spiro atoms. The summed E-state index contributed by atoms with van der Waals surface area (Å²) < 4.78 is 33.2. The van der Waals surface area contributed by atoms with Crippen molar-refractivity contribution in [2.24, 2.45) is 0 Å². The molecule has 0 unspecified atom stereocenters. The minimum atomic E-state index is -0.443. The standard InChI is InChI=1S/C16H16ClF2N3O/c17-12-2-1-11(14(19)9-12)10-23-15-4-3-13(18)16(21-15)22-7-5-20-6-8-22/h1-4,9,20H,5-8,10H2. The van der Waals surface area contributed by atoms with Crippen LogP contribution in [0.3, 0.4) is 0 Å². The van der Waals surface area contributed by atoms with Crippen LogP contribution in [0.4, 0.5) is 14.6 Å². The van der Waals surface area contributed by atoms with Crippen LogP contribution in [0.1, 0.15) is 5.56 Å². The average Bonchev–Trinajstić information content (AvgIpc) is 2.56. The molecule has 0 saturated carbocycles. The summed E-state index contributed by atoms with van der Waals surface area (Å²) in [6.45, 7) is 2.92. The maximum atomic E-state index is 14.0. The molecule has 2 heterocycles. The van der Waals surface area contributed by atoms with E-state index in [9.17, 15) is 8.78 Å². The van der Waals surface area contributed by atoms with Crippen LogP contribution in [0.25, 0.3) is 0 Å². The van der Waals surface area contributed by atoms with Crippen LogP contribution >= 0.6 is 11.6 Å². The van der Waals surface area contributed by atoms with Gasteiger partial charge in [0.2, 0.25) is 5.88 Å². The number of piperazine rings is 1. The molecule has 122 valence electrons. The Morgan fingerprint density at radius 2 is 1.91 bits per heavy atom. The van der Waals surface area contributed by atoms with E-state index >= 15 is 0 Å². The quantitative estimate of drug-likeness (QED) is 0.929. The lowest BCUT2D eigenvalue weighted by molar-refractivity contribution is 0.287. The lowest BCUT2D eigenvalue weighted by Crippen LogP contribution is -2.44. The molecule has 0 aliphatic carbocycles. The molecule has 0 bridgehead atoms. The second kappa shape index (κ2) is 7.10. The molecule has 1 N–H and O–H groups in total. The van der Waals surface area contributed by atoms with Crippen molar-refractivity contribution >= 4 is 17.4 Å². The minimum absolute atomic E-state index is 0.00261. The van der Waals surface area contributed by atoms with Crippen molar-refractivity contribution in [2.75, 3.05) is 31.1 Å². The van der Waals surface area contributed by atoms with Crippen LogP contribution < -0.4 is 15.0 Å². The highest BCUT2D eigenvalue weighted by Crippen LogP contribution is 2.22. The number of hydrogen-bond donors (Lipinski definition) is 1. The third kappa shape index (κ3) is 3.89. The molecule has 1 aromatic heterocycles. The van der Waals surface area contributed by atoms with Gasteiger partial charge in [-0.1, -0.05) is 17.7 Å². The molecule has 1 aliphatic rings. The number of ether oxygens (including phenoxy) is 1. The van der Waals surface area contributed by atoms with Crippen LogP contribution in [0.5, 0.6) is 5.88 Å². The van der Waals surface area contributed by atoms with Gasteiger partial charge in [-0.25, -0.2) is 8.78 Å². The van der Waals surface area contributed by atoms with Crippen molar-refractivity contribution in [2.45, 2.75) is 6.61 Å². The van der Waals surface area contributed by atoms with E-state index in [1.54, 1.807) is 12.1 Å². The summed E-state index contributed by atoms with van der Waals surface area (Å²) in [6, 6.07) is 7.13. The molecule has 1 aromatic carbocycles. The molecule has 4 nitrogen and oxygen atoms in total. The lowest BCUT2D eigenvalue weighted by Gasteiger charge is -2.28. The van der Waals surface area contributed by atoms with Crippen LogP contribution in [-0.2, 0) is 6.61 Å². The van der Waals surface area contributed by atoms with Crippen LogP contribution in [0, 0.1) is 11.6 Å². The van der Waals surface area contributed by atoms with E-state index in [1.807, 2.05) is 4.90 Å². The van der Waals surface area contributed by atoms with Gasteiger partial charge in [0.1, 0.15) is 12.4 Å². The monoisotopic (exact) mass is 339 g/mol. The van der Waals surface area contributed by atoms with Crippen molar-refractivity contribution in [1.29, 1.82) is 0 Å². The topological polar surface area (TPSA) is 37.4 Å². The number of aromatic nitrogens is 1. The number of anilines is 1. The number of nitrogens with one attached hydrogen (secondary N) is 1. The highest BCUT2D eigenvalue weighted by atomic mass is 35.5. The Kier molecular flexibility index (Phi) is 4.93. The van der Waals surface area contributed by atoms with E-state index in [1.165, 1.54) is 18.2 Å². The van der Waals surface area contributed by atoms with Gasteiger partial charge < -0.3 is 15.0 Å². The first kappa shape index (κ1) is 16.0. The van der Waals surface area contributed by atoms with Crippen molar-refractivity contribution in [3.8, 4) is 5.88 Å². The number of pyridine rings is 1. The fourth-order valence-electron chi connectivity index (χ4n) is 2.38. The predicted molar refractivity (Wildman–Crippen MR) is 85.0 cm³/mol. The summed E-state index contributed by atoms with van der Waals surface area (Å²) in [6.07, 6.45) is 0. The van der Waals surface area contributed by atoms with E-state index in [0.29, 0.717) is 23.7 Å². The normalized spacial score (nSPS) is 14.8. The fourth-order valence-corrected chi connectivity index (χ4v) is 2.54. The summed E-state index contributed by atoms with van der Waals surface area (Å²) in [4.78, 5) is 6.07. The zero-order valence-corrected chi connectivity index (χ0v) is 13.1. The van der Waals surface area contributed by atoms with Gasteiger partial charge in [-0.15, -0.1) is 0 Å². The Balaban J connectivity index is 1.72. The molecule has 0 radical (unpaired) electrons. The molecule has 7 heteroatoms. The summed E-state index contributed by atoms with van der Waals surface area (Å²) in [7, 11) is 0. The smallest absolute Gasteiger partial charge is 0.215 e. The molecule has 1 saturated heterocycles. The van der Waals surface area contributed by atoms with Crippen molar-refractivity contribution in [3.05, 3.63) is 52.6 Å². The Bertz CT molecular complexity index is 693. The van der Waals surface area contributed by atoms with Crippen LogP contribution in [0.2, 0.25) is 5.02 Å². The van der Waals surface area contributed by atoms with Gasteiger partial charge in [-0.05, 0) is 18.2 Å². The van der Waals surface area contributed by atoms with Crippen molar-refractivity contribution in [1.82, 2.24) is 10.3 Å². The number of rotatable bonds is 4. The van der Waals surface area contributed by atoms with E-state index in [2.05, 4.69) is 10.3 Å². The van der Waals surface area contributed by atoms with Gasteiger partial charge in [0.15, 0.2) is 11.6 Å². The highest BCUT2D eigenvalue weighted by molar-refractivity contribution is 6.30. The van der Waals surface area contributed by atoms with E-state index in [0.717, 1.165) is 13.1 Å². The fraction of sp³-hybridized carbons (Fsp3) is 0.312. The molecule has 2 aromatic rings. The van der Waals surface area contributed by atoms with E-state index < -0.39 is 11.6 Å². The van der Waals surface area contributed by atoms with Gasteiger partial charge in [0.05, 0.1) is 0 Å². The first-order valence-corrected chi connectivity index (χ1v) is 7.70. The number of hydrogen-bond acceptors (Lipinski definition) is 4. The van der Waals surface area contributed by atoms with Crippen molar-refractivity contribution in [3.63, 3.8) is 0 Å². The van der Waals surface area contributed by atoms with Crippen molar-refractivity contribution < 1.29 is 13.5 Å². The second-order valence-corrected chi connectivity index (χ2v) is 5.65. The Morgan fingerprint density at radius 3 is 2.65 bits per heavy atom. The molecular weight excluding hydrogens is 324 g/mol. The van der Waals surface area contributed by atoms with E-state index in [-0.39, 0.29) is 18.3 Å². The zero-order valence-electron chi connectivity index (χ0n) is 12.4. The number of halogens is 3. The molecule has 0 atom stereocenters. The third-order valence-electron chi connectivity index (χ3n) is 3.61. The van der Waals surface area contributed by atoms with E-state index in [4.69, 9.17) is 16.3 Å². The Morgan fingerprint density at radius 1 is 1.13 bits per heavy atom. The molecule has 1 fully saturated rings. The van der Waals surface area contributed by atoms with Crippen LogP contribution in [-0.4, -0.2) is 31.2 Å². The number of nitrogens with zero attached hydrogens (tertiary/aromatic N) is 2. The maximum absolute atomic E-state index is 14.0. The Labute approximate surface area is 138 Å². The molecule has 23 heavy (non-hydrogen) atoms. The SMILES string of the molecule is Fc1cc(Cl)ccc1COc1ccc(F)c(N2CCNCC2)n1. The predicted octanol–water partition coefficient (Wildman–Crippen LogP) is 3.00. The third-order valence-corrected chi connectivity index (χ3v) is 3.84. The summed E-state index contributed by atoms with van der Waals surface area (Å²) in [5.74, 6) is -0.311. The van der Waals surface area contributed by atoms with Gasteiger partial charge in [-0.3, -0.25) is 0 Å². The first-order valence-electron chi connectivity index (χ1n) is 7.32. The van der Waals surface area contributed by atoms with Gasteiger partial charge in [0.25, 0.3) is 0 Å². The van der Waals surface area contributed by atoms with Gasteiger partial charge in [-0.2, -0.15) is 4.98 Å². The average molecular weight is 340 g/mol. The zero-order chi connectivity index (χ0) is 16.2. The Hall–Kier alpha value is -1.92. The summed E-state index contributed by atoms with van der Waals surface area (Å²) in [5.41, 5.74) is 0.365. The molecule has 1 aliphatic heterocycles. The highest BCUT2D eigenvalue weighted by Gasteiger charge is 2.17. The largest absolute Gasteiger partial charge is 0.473 e. The molecule has 0 amide bonds. The molecular formula is C16H16ClF2N3O. The second-order valence-electron chi connectivity index (χ2n) is 5.22. The number of benzene rings is 1. The summed E-state index contributed by atoms with van der Waals surface area (Å²) in [5, 5.41) is 3.53. The van der Waals surface area contributed by atoms with Gasteiger partial charge >= 0.3 is 0 Å². The molecule has 3 rings (SSSR count). The summed E-state index contributed by atoms with van der Waals surface area (Å²) >= 11 is 5.71. The minimum Gasteiger partial charge on any atom is -0.473 e. The maximum Gasteiger partial charge on any atom is 0.215 e.